The molecule has 0 bridgehead atoms. The highest BCUT2D eigenvalue weighted by molar-refractivity contribution is 5.71. The molecule has 0 aliphatic heterocycles. The average Bonchev–Trinajstić information content (AvgIpc) is 3.19. The van der Waals surface area contributed by atoms with Gasteiger partial charge in [-0.3, -0.25) is 14.4 Å². The lowest BCUT2D eigenvalue weighted by Gasteiger charge is -2.18. The van der Waals surface area contributed by atoms with Crippen molar-refractivity contribution in [1.29, 1.82) is 0 Å². The number of rotatable bonds is 45. The summed E-state index contributed by atoms with van der Waals surface area (Å²) in [6.07, 6.45) is 45.2. The van der Waals surface area contributed by atoms with Crippen LogP contribution in [0.3, 0.4) is 0 Å². The number of ether oxygens (including phenoxy) is 3. The summed E-state index contributed by atoms with van der Waals surface area (Å²) in [5, 5.41) is 0. The minimum Gasteiger partial charge on any atom is -0.462 e. The summed E-state index contributed by atoms with van der Waals surface area (Å²) in [6, 6.07) is 0. The van der Waals surface area contributed by atoms with Gasteiger partial charge in [-0.15, -0.1) is 0 Å². The first-order chi connectivity index (χ1) is 27.4. The maximum atomic E-state index is 12.8. The normalized spacial score (nSPS) is 12.4. The first kappa shape index (κ1) is 54.4. The number of esters is 3. The molecule has 0 amide bonds. The lowest BCUT2D eigenvalue weighted by Crippen LogP contribution is -2.30. The van der Waals surface area contributed by atoms with E-state index in [-0.39, 0.29) is 31.1 Å². The van der Waals surface area contributed by atoms with E-state index in [1.807, 2.05) is 0 Å². The van der Waals surface area contributed by atoms with Gasteiger partial charge in [0.05, 0.1) is 0 Å². The number of carbonyl (C=O) groups excluding carboxylic acids is 3. The Kier molecular flexibility index (Phi) is 43.2. The molecule has 0 radical (unpaired) electrons. The van der Waals surface area contributed by atoms with Gasteiger partial charge < -0.3 is 14.2 Å². The van der Waals surface area contributed by atoms with E-state index in [0.717, 1.165) is 63.7 Å². The van der Waals surface area contributed by atoms with Gasteiger partial charge in [-0.05, 0) is 25.2 Å². The standard InChI is InChI=1S/C50H96O6/c1-5-8-10-12-14-16-18-19-20-21-22-23-25-27-29-35-39-43-50(53)56-47(45-55-49(52)42-38-34-31-30-32-36-40-46(4)7-3)44-54-48(51)41-37-33-28-26-24-17-15-13-11-9-6-2/h46-47H,5-45H2,1-4H3/t46?,47-/m0/s1. The van der Waals surface area contributed by atoms with Crippen LogP contribution in [0.4, 0.5) is 0 Å². The van der Waals surface area contributed by atoms with Crippen LogP contribution in [0.15, 0.2) is 0 Å². The fourth-order valence-corrected chi connectivity index (χ4v) is 7.48. The summed E-state index contributed by atoms with van der Waals surface area (Å²) in [4.78, 5) is 37.8. The van der Waals surface area contributed by atoms with Crippen molar-refractivity contribution in [2.75, 3.05) is 13.2 Å². The third-order valence-corrected chi connectivity index (χ3v) is 11.7. The van der Waals surface area contributed by atoms with E-state index in [9.17, 15) is 14.4 Å². The van der Waals surface area contributed by atoms with Gasteiger partial charge in [0.2, 0.25) is 0 Å². The van der Waals surface area contributed by atoms with Gasteiger partial charge in [0, 0.05) is 19.3 Å². The van der Waals surface area contributed by atoms with Gasteiger partial charge in [-0.25, -0.2) is 0 Å². The molecule has 0 rings (SSSR count). The monoisotopic (exact) mass is 793 g/mol. The van der Waals surface area contributed by atoms with Crippen LogP contribution in [-0.4, -0.2) is 37.2 Å². The number of hydrogen-bond acceptors (Lipinski definition) is 6. The molecule has 0 aliphatic carbocycles. The zero-order valence-electron chi connectivity index (χ0n) is 38.1. The van der Waals surface area contributed by atoms with Crippen LogP contribution in [0.5, 0.6) is 0 Å². The second-order valence-electron chi connectivity index (χ2n) is 17.3. The fraction of sp³-hybridized carbons (Fsp3) is 0.940. The molecule has 0 heterocycles. The maximum Gasteiger partial charge on any atom is 0.306 e. The molecule has 0 fully saturated rings. The zero-order chi connectivity index (χ0) is 41.0. The molecule has 0 aromatic carbocycles. The summed E-state index contributed by atoms with van der Waals surface area (Å²) in [5.74, 6) is -0.0370. The first-order valence-electron chi connectivity index (χ1n) is 24.9. The van der Waals surface area contributed by atoms with Crippen LogP contribution in [0, 0.1) is 5.92 Å². The average molecular weight is 793 g/mol. The smallest absolute Gasteiger partial charge is 0.306 e. The van der Waals surface area contributed by atoms with Crippen LogP contribution in [0.2, 0.25) is 0 Å². The van der Waals surface area contributed by atoms with Gasteiger partial charge in [0.25, 0.3) is 0 Å². The van der Waals surface area contributed by atoms with E-state index in [2.05, 4.69) is 27.7 Å². The van der Waals surface area contributed by atoms with E-state index in [0.29, 0.717) is 19.3 Å². The highest BCUT2D eigenvalue weighted by Crippen LogP contribution is 2.17. The number of hydrogen-bond donors (Lipinski definition) is 0. The molecule has 6 heteroatoms. The van der Waals surface area contributed by atoms with E-state index in [4.69, 9.17) is 14.2 Å². The highest BCUT2D eigenvalue weighted by atomic mass is 16.6. The molecule has 0 spiro atoms. The number of carbonyl (C=O) groups is 3. The SMILES string of the molecule is CCCCCCCCCCCCCCCCCCCC(=O)O[C@@H](COC(=O)CCCCCCCCCCCCC)COC(=O)CCCCCCCCC(C)CC. The molecule has 2 atom stereocenters. The molecule has 0 N–H and O–H groups in total. The van der Waals surface area contributed by atoms with Crippen molar-refractivity contribution < 1.29 is 28.6 Å². The van der Waals surface area contributed by atoms with Gasteiger partial charge in [-0.1, -0.05) is 240 Å². The lowest BCUT2D eigenvalue weighted by molar-refractivity contribution is -0.167. The van der Waals surface area contributed by atoms with Gasteiger partial charge in [0.15, 0.2) is 6.10 Å². The van der Waals surface area contributed by atoms with Crippen molar-refractivity contribution in [1.82, 2.24) is 0 Å². The van der Waals surface area contributed by atoms with Crippen LogP contribution in [-0.2, 0) is 28.6 Å². The summed E-state index contributed by atoms with van der Waals surface area (Å²) in [6.45, 7) is 8.98. The van der Waals surface area contributed by atoms with E-state index < -0.39 is 6.10 Å². The molecule has 6 nitrogen and oxygen atoms in total. The predicted octanol–water partition coefficient (Wildman–Crippen LogP) is 15.9. The van der Waals surface area contributed by atoms with Crippen molar-refractivity contribution >= 4 is 17.9 Å². The van der Waals surface area contributed by atoms with Crippen molar-refractivity contribution in [3.63, 3.8) is 0 Å². The molecule has 332 valence electrons. The van der Waals surface area contributed by atoms with Crippen molar-refractivity contribution in [2.24, 2.45) is 5.92 Å². The highest BCUT2D eigenvalue weighted by Gasteiger charge is 2.19. The predicted molar refractivity (Wildman–Crippen MR) is 238 cm³/mol. The molecule has 56 heavy (non-hydrogen) atoms. The fourth-order valence-electron chi connectivity index (χ4n) is 7.48. The van der Waals surface area contributed by atoms with Gasteiger partial charge in [-0.2, -0.15) is 0 Å². The molecule has 0 aromatic heterocycles. The maximum absolute atomic E-state index is 12.8. The Morgan fingerprint density at radius 2 is 0.625 bits per heavy atom. The summed E-state index contributed by atoms with van der Waals surface area (Å²) >= 11 is 0. The van der Waals surface area contributed by atoms with Gasteiger partial charge >= 0.3 is 17.9 Å². The third-order valence-electron chi connectivity index (χ3n) is 11.7. The zero-order valence-corrected chi connectivity index (χ0v) is 38.1. The van der Waals surface area contributed by atoms with E-state index in [1.165, 1.54) is 173 Å². The van der Waals surface area contributed by atoms with Crippen molar-refractivity contribution in [2.45, 2.75) is 284 Å². The Hall–Kier alpha value is -1.59. The Morgan fingerprint density at radius 1 is 0.357 bits per heavy atom. The molecule has 0 saturated heterocycles. The molecular formula is C50H96O6. The largest absolute Gasteiger partial charge is 0.462 e. The van der Waals surface area contributed by atoms with E-state index >= 15 is 0 Å². The van der Waals surface area contributed by atoms with E-state index in [1.54, 1.807) is 0 Å². The molecule has 0 aromatic rings. The quantitative estimate of drug-likeness (QED) is 0.0347. The van der Waals surface area contributed by atoms with Crippen LogP contribution in [0.1, 0.15) is 278 Å². The summed E-state index contributed by atoms with van der Waals surface area (Å²) in [5.41, 5.74) is 0. The Morgan fingerprint density at radius 3 is 0.929 bits per heavy atom. The summed E-state index contributed by atoms with van der Waals surface area (Å²) < 4.78 is 16.8. The molecule has 1 unspecified atom stereocenters. The number of unbranched alkanes of at least 4 members (excludes halogenated alkanes) is 31. The molecule has 0 aliphatic rings. The van der Waals surface area contributed by atoms with Crippen molar-refractivity contribution in [3.05, 3.63) is 0 Å². The van der Waals surface area contributed by atoms with Crippen molar-refractivity contribution in [3.8, 4) is 0 Å². The Labute approximate surface area is 348 Å². The van der Waals surface area contributed by atoms with Crippen LogP contribution < -0.4 is 0 Å². The topological polar surface area (TPSA) is 78.9 Å². The molecular weight excluding hydrogens is 697 g/mol. The lowest BCUT2D eigenvalue weighted by atomic mass is 10.00. The second kappa shape index (κ2) is 44.5. The summed E-state index contributed by atoms with van der Waals surface area (Å²) in [7, 11) is 0. The Balaban J connectivity index is 4.28. The Bertz CT molecular complexity index is 843. The van der Waals surface area contributed by atoms with Crippen LogP contribution >= 0.6 is 0 Å². The second-order valence-corrected chi connectivity index (χ2v) is 17.3. The third kappa shape index (κ3) is 42.0. The minimum atomic E-state index is -0.760. The first-order valence-corrected chi connectivity index (χ1v) is 24.9. The van der Waals surface area contributed by atoms with Gasteiger partial charge in [0.1, 0.15) is 13.2 Å². The minimum absolute atomic E-state index is 0.0639. The molecule has 0 saturated carbocycles. The van der Waals surface area contributed by atoms with Crippen LogP contribution in [0.25, 0.3) is 0 Å².